The number of piperidine rings is 1. The number of likely N-dealkylation sites (N-methyl/N-ethyl adjacent to an activating group) is 1. The van der Waals surface area contributed by atoms with Gasteiger partial charge in [0.2, 0.25) is 0 Å². The van der Waals surface area contributed by atoms with Crippen LogP contribution >= 0.6 is 0 Å². The largest absolute Gasteiger partial charge is 0.504 e. The minimum absolute atomic E-state index is 0.123. The van der Waals surface area contributed by atoms with Crippen LogP contribution in [0.2, 0.25) is 0 Å². The summed E-state index contributed by atoms with van der Waals surface area (Å²) in [6.07, 6.45) is 4.90. The highest BCUT2D eigenvalue weighted by Gasteiger charge is 2.30. The number of halogens is 1. The Hall–Kier alpha value is -2.90. The molecular weight excluding hydrogens is 443 g/mol. The van der Waals surface area contributed by atoms with Crippen LogP contribution in [-0.4, -0.2) is 58.0 Å². The molecule has 35 heavy (non-hydrogen) atoms. The molecule has 2 heterocycles. The predicted octanol–water partition coefficient (Wildman–Crippen LogP) is 4.54. The SMILES string of the molecule is COc1cc(CN2CCC(C(Cc3ccccc3F)N(C)Cc3cn(C)nc3C)CC2)ccc1O. The fourth-order valence-corrected chi connectivity index (χ4v) is 5.34. The van der Waals surface area contributed by atoms with Crippen LogP contribution in [0.25, 0.3) is 0 Å². The number of phenolic OH excluding ortho intramolecular Hbond substituents is 1. The number of aromatic nitrogens is 2. The number of hydrogen-bond donors (Lipinski definition) is 1. The number of rotatable bonds is 9. The molecule has 0 saturated carbocycles. The molecule has 3 aromatic rings. The number of nitrogens with zero attached hydrogens (tertiary/aromatic N) is 4. The van der Waals surface area contributed by atoms with Gasteiger partial charge in [-0.25, -0.2) is 4.39 Å². The summed E-state index contributed by atoms with van der Waals surface area (Å²) < 4.78 is 21.7. The first-order chi connectivity index (χ1) is 16.8. The molecule has 1 unspecified atom stereocenters. The highest BCUT2D eigenvalue weighted by atomic mass is 19.1. The number of aromatic hydroxyl groups is 1. The summed E-state index contributed by atoms with van der Waals surface area (Å²) >= 11 is 0. The minimum Gasteiger partial charge on any atom is -0.504 e. The van der Waals surface area contributed by atoms with Crippen molar-refractivity contribution in [1.82, 2.24) is 19.6 Å². The van der Waals surface area contributed by atoms with Crippen molar-refractivity contribution in [2.75, 3.05) is 27.2 Å². The Morgan fingerprint density at radius 2 is 1.91 bits per heavy atom. The molecule has 0 aliphatic carbocycles. The van der Waals surface area contributed by atoms with Gasteiger partial charge in [-0.05, 0) is 81.6 Å². The average molecular weight is 481 g/mol. The number of ether oxygens (including phenoxy) is 1. The van der Waals surface area contributed by atoms with Crippen molar-refractivity contribution in [3.8, 4) is 11.5 Å². The van der Waals surface area contributed by atoms with E-state index >= 15 is 0 Å². The van der Waals surface area contributed by atoms with Crippen molar-refractivity contribution >= 4 is 0 Å². The van der Waals surface area contributed by atoms with Gasteiger partial charge in [0.05, 0.1) is 12.8 Å². The Morgan fingerprint density at radius 1 is 1.17 bits per heavy atom. The first-order valence-electron chi connectivity index (χ1n) is 12.3. The van der Waals surface area contributed by atoms with E-state index in [-0.39, 0.29) is 17.6 Å². The molecule has 1 N–H and O–H groups in total. The molecule has 1 aromatic heterocycles. The lowest BCUT2D eigenvalue weighted by Crippen LogP contribution is -2.45. The number of aryl methyl sites for hydroxylation is 2. The summed E-state index contributed by atoms with van der Waals surface area (Å²) in [4.78, 5) is 4.84. The molecule has 1 saturated heterocycles. The number of likely N-dealkylation sites (tertiary alicyclic amines) is 1. The van der Waals surface area contributed by atoms with Crippen molar-refractivity contribution in [3.05, 3.63) is 76.9 Å². The highest BCUT2D eigenvalue weighted by molar-refractivity contribution is 5.41. The third kappa shape index (κ3) is 6.21. The molecule has 1 aliphatic heterocycles. The number of benzene rings is 2. The lowest BCUT2D eigenvalue weighted by molar-refractivity contribution is 0.0948. The quantitative estimate of drug-likeness (QED) is 0.488. The van der Waals surface area contributed by atoms with E-state index in [2.05, 4.69) is 28.1 Å². The first-order valence-corrected chi connectivity index (χ1v) is 12.3. The fraction of sp³-hybridized carbons (Fsp3) is 0.464. The van der Waals surface area contributed by atoms with E-state index in [9.17, 15) is 9.50 Å². The van der Waals surface area contributed by atoms with Gasteiger partial charge < -0.3 is 9.84 Å². The van der Waals surface area contributed by atoms with Crippen LogP contribution in [0.3, 0.4) is 0 Å². The Morgan fingerprint density at radius 3 is 2.57 bits per heavy atom. The first kappa shape index (κ1) is 25.2. The van der Waals surface area contributed by atoms with Crippen molar-refractivity contribution in [3.63, 3.8) is 0 Å². The van der Waals surface area contributed by atoms with E-state index < -0.39 is 0 Å². The van der Waals surface area contributed by atoms with E-state index in [0.717, 1.165) is 55.8 Å². The standard InChI is InChI=1S/C28H37FN4O2/c1-20-24(19-32(3)30-20)18-31(2)26(16-23-7-5-6-8-25(23)29)22-11-13-33(14-12-22)17-21-9-10-27(34)28(15-21)35-4/h5-10,15,19,22,26,34H,11-14,16-18H2,1-4H3. The lowest BCUT2D eigenvalue weighted by Gasteiger charge is -2.40. The van der Waals surface area contributed by atoms with Crippen molar-refractivity contribution < 1.29 is 14.2 Å². The number of methoxy groups -OCH3 is 1. The third-order valence-electron chi connectivity index (χ3n) is 7.31. The molecule has 2 aromatic carbocycles. The summed E-state index contributed by atoms with van der Waals surface area (Å²) in [6.45, 7) is 5.65. The summed E-state index contributed by atoms with van der Waals surface area (Å²) in [7, 11) is 5.68. The molecule has 4 rings (SSSR count). The molecule has 1 fully saturated rings. The van der Waals surface area contributed by atoms with Gasteiger partial charge in [0.1, 0.15) is 5.82 Å². The zero-order chi connectivity index (χ0) is 24.9. The van der Waals surface area contributed by atoms with Crippen LogP contribution < -0.4 is 4.74 Å². The zero-order valence-electron chi connectivity index (χ0n) is 21.2. The molecule has 1 aliphatic rings. The van der Waals surface area contributed by atoms with Gasteiger partial charge in [0, 0.05) is 37.9 Å². The minimum atomic E-state index is -0.123. The smallest absolute Gasteiger partial charge is 0.160 e. The van der Waals surface area contributed by atoms with Gasteiger partial charge in [-0.3, -0.25) is 14.5 Å². The monoisotopic (exact) mass is 480 g/mol. The highest BCUT2D eigenvalue weighted by Crippen LogP contribution is 2.30. The summed E-state index contributed by atoms with van der Waals surface area (Å²) in [5, 5.41) is 14.4. The Kier molecular flexibility index (Phi) is 8.08. The second-order valence-corrected chi connectivity index (χ2v) is 9.81. The molecule has 0 radical (unpaired) electrons. The van der Waals surface area contributed by atoms with E-state index in [1.165, 1.54) is 5.56 Å². The van der Waals surface area contributed by atoms with Crippen LogP contribution in [-0.2, 0) is 26.6 Å². The average Bonchev–Trinajstić information content (AvgIpc) is 3.16. The topological polar surface area (TPSA) is 53.8 Å². The van der Waals surface area contributed by atoms with Gasteiger partial charge in [-0.1, -0.05) is 24.3 Å². The molecule has 188 valence electrons. The van der Waals surface area contributed by atoms with Crippen LogP contribution in [0.5, 0.6) is 11.5 Å². The lowest BCUT2D eigenvalue weighted by atomic mass is 9.84. The molecule has 6 nitrogen and oxygen atoms in total. The van der Waals surface area contributed by atoms with Gasteiger partial charge in [0.25, 0.3) is 0 Å². The van der Waals surface area contributed by atoms with E-state index in [4.69, 9.17) is 4.74 Å². The van der Waals surface area contributed by atoms with Crippen molar-refractivity contribution in [2.24, 2.45) is 13.0 Å². The van der Waals surface area contributed by atoms with Crippen LogP contribution in [0.15, 0.2) is 48.7 Å². The molecule has 0 amide bonds. The molecule has 7 heteroatoms. The third-order valence-corrected chi connectivity index (χ3v) is 7.31. The van der Waals surface area contributed by atoms with Crippen LogP contribution in [0, 0.1) is 18.7 Å². The summed E-state index contributed by atoms with van der Waals surface area (Å²) in [5.74, 6) is 1.02. The molecule has 0 bridgehead atoms. The molecular formula is C28H37FN4O2. The Bertz CT molecular complexity index is 1120. The van der Waals surface area contributed by atoms with Crippen molar-refractivity contribution in [1.29, 1.82) is 0 Å². The van der Waals surface area contributed by atoms with Crippen molar-refractivity contribution in [2.45, 2.75) is 45.3 Å². The van der Waals surface area contributed by atoms with E-state index in [0.29, 0.717) is 18.1 Å². The van der Waals surface area contributed by atoms with Gasteiger partial charge in [0.15, 0.2) is 11.5 Å². The Balaban J connectivity index is 1.45. The maximum absolute atomic E-state index is 14.6. The van der Waals surface area contributed by atoms with Gasteiger partial charge in [-0.2, -0.15) is 5.10 Å². The summed E-state index contributed by atoms with van der Waals surface area (Å²) in [5.41, 5.74) is 4.17. The second kappa shape index (κ2) is 11.2. The van der Waals surface area contributed by atoms with Gasteiger partial charge in [-0.15, -0.1) is 0 Å². The van der Waals surface area contributed by atoms with Gasteiger partial charge >= 0.3 is 0 Å². The van der Waals surface area contributed by atoms with Crippen LogP contribution in [0.4, 0.5) is 4.39 Å². The molecule has 0 spiro atoms. The number of phenols is 1. The predicted molar refractivity (Wildman–Crippen MR) is 136 cm³/mol. The maximum Gasteiger partial charge on any atom is 0.160 e. The Labute approximate surface area is 207 Å². The fourth-order valence-electron chi connectivity index (χ4n) is 5.34. The summed E-state index contributed by atoms with van der Waals surface area (Å²) in [6, 6.07) is 13.0. The normalized spacial score (nSPS) is 16.1. The van der Waals surface area contributed by atoms with Crippen LogP contribution in [0.1, 0.15) is 35.2 Å². The number of hydrogen-bond acceptors (Lipinski definition) is 5. The van der Waals surface area contributed by atoms with E-state index in [1.807, 2.05) is 42.9 Å². The van der Waals surface area contributed by atoms with E-state index in [1.54, 1.807) is 25.3 Å². The maximum atomic E-state index is 14.6. The zero-order valence-corrected chi connectivity index (χ0v) is 21.2. The second-order valence-electron chi connectivity index (χ2n) is 9.81. The molecule has 1 atom stereocenters.